The van der Waals surface area contributed by atoms with Gasteiger partial charge in [0.2, 0.25) is 11.9 Å². The summed E-state index contributed by atoms with van der Waals surface area (Å²) in [5.41, 5.74) is 3.48. The molecule has 1 aromatic carbocycles. The first kappa shape index (κ1) is 25.9. The monoisotopic (exact) mass is 557 g/mol. The van der Waals surface area contributed by atoms with Crippen LogP contribution >= 0.6 is 15.9 Å². The molecule has 0 saturated heterocycles. The summed E-state index contributed by atoms with van der Waals surface area (Å²) in [5.74, 6) is -0.295. The zero-order valence-electron chi connectivity index (χ0n) is 20.8. The number of fused-ring (bicyclic) bond motifs is 1. The molecule has 3 aromatic rings. The van der Waals surface area contributed by atoms with Crippen LogP contribution in [0.3, 0.4) is 0 Å². The van der Waals surface area contributed by atoms with Crippen LogP contribution in [-0.2, 0) is 27.8 Å². The number of anilines is 1. The Kier molecular flexibility index (Phi) is 8.40. The first-order valence-corrected chi connectivity index (χ1v) is 13.1. The molecule has 192 valence electrons. The molecule has 0 unspecified atom stereocenters. The number of imidazole rings is 2. The number of H-pyrrole nitrogens is 1. The molecule has 0 saturated carbocycles. The maximum atomic E-state index is 13.9. The Morgan fingerprint density at radius 3 is 2.86 bits per heavy atom. The van der Waals surface area contributed by atoms with Gasteiger partial charge in [-0.3, -0.25) is 19.5 Å². The summed E-state index contributed by atoms with van der Waals surface area (Å²) in [4.78, 5) is 43.9. The van der Waals surface area contributed by atoms with Gasteiger partial charge in [-0.1, -0.05) is 13.8 Å². The van der Waals surface area contributed by atoms with Gasteiger partial charge in [0.25, 0.3) is 0 Å². The van der Waals surface area contributed by atoms with Crippen LogP contribution in [0, 0.1) is 11.8 Å². The zero-order valence-corrected chi connectivity index (χ0v) is 22.4. The van der Waals surface area contributed by atoms with E-state index in [1.165, 1.54) is 0 Å². The maximum Gasteiger partial charge on any atom is 0.305 e. The molecule has 0 radical (unpaired) electrons. The third-order valence-corrected chi connectivity index (χ3v) is 7.31. The first-order valence-electron chi connectivity index (χ1n) is 12.3. The van der Waals surface area contributed by atoms with Crippen molar-refractivity contribution in [1.82, 2.24) is 24.4 Å². The molecule has 2 aromatic heterocycles. The lowest BCUT2D eigenvalue weighted by Gasteiger charge is -2.30. The van der Waals surface area contributed by atoms with Crippen molar-refractivity contribution >= 4 is 50.5 Å². The van der Waals surface area contributed by atoms with Gasteiger partial charge in [0.1, 0.15) is 5.52 Å². The molecular weight excluding hydrogens is 526 g/mol. The maximum absolute atomic E-state index is 13.9. The van der Waals surface area contributed by atoms with Crippen LogP contribution in [0.5, 0.6) is 0 Å². The van der Waals surface area contributed by atoms with Crippen LogP contribution in [-0.4, -0.2) is 62.0 Å². The van der Waals surface area contributed by atoms with E-state index >= 15 is 0 Å². The number of nitrogens with one attached hydrogen (secondary N) is 2. The number of aromatic amines is 1. The van der Waals surface area contributed by atoms with Crippen molar-refractivity contribution < 1.29 is 14.3 Å². The Morgan fingerprint density at radius 2 is 2.14 bits per heavy atom. The van der Waals surface area contributed by atoms with Gasteiger partial charge in [0.15, 0.2) is 0 Å². The first-order chi connectivity index (χ1) is 17.4. The molecule has 0 aliphatic carbocycles. The van der Waals surface area contributed by atoms with E-state index in [1.807, 2.05) is 37.6 Å². The Bertz CT molecular complexity index is 1250. The van der Waals surface area contributed by atoms with Crippen LogP contribution < -0.4 is 5.32 Å². The van der Waals surface area contributed by atoms with Crippen LogP contribution in [0.1, 0.15) is 38.8 Å². The topological polar surface area (TPSA) is 117 Å². The summed E-state index contributed by atoms with van der Waals surface area (Å²) in [6.07, 6.45) is 7.45. The third kappa shape index (κ3) is 5.61. The number of ether oxygens (including phenoxy) is 1. The minimum atomic E-state index is -0.350. The number of esters is 1. The average molecular weight is 558 g/mol. The Hall–Kier alpha value is -3.21. The fourth-order valence-corrected chi connectivity index (χ4v) is 5.06. The van der Waals surface area contributed by atoms with E-state index in [-0.39, 0.29) is 30.3 Å². The Labute approximate surface area is 218 Å². The Morgan fingerprint density at radius 1 is 1.31 bits per heavy atom. The molecule has 4 rings (SSSR count). The van der Waals surface area contributed by atoms with E-state index in [9.17, 15) is 9.59 Å². The molecule has 3 heterocycles. The van der Waals surface area contributed by atoms with Gasteiger partial charge in [0.05, 0.1) is 41.5 Å². The molecule has 0 spiro atoms. The van der Waals surface area contributed by atoms with Gasteiger partial charge in [-0.15, -0.1) is 0 Å². The third-order valence-electron chi connectivity index (χ3n) is 6.51. The second-order valence-electron chi connectivity index (χ2n) is 8.95. The predicted molar refractivity (Wildman–Crippen MR) is 141 cm³/mol. The van der Waals surface area contributed by atoms with E-state index in [0.717, 1.165) is 33.3 Å². The number of aryl methyl sites for hydroxylation is 1. The highest BCUT2D eigenvalue weighted by Crippen LogP contribution is 2.31. The number of guanidine groups is 1. The number of halogens is 1. The molecule has 11 heteroatoms. The molecule has 0 bridgehead atoms. The van der Waals surface area contributed by atoms with E-state index in [4.69, 9.17) is 4.74 Å². The number of amides is 1. The zero-order chi connectivity index (χ0) is 25.7. The average Bonchev–Trinajstić information content (AvgIpc) is 3.61. The number of hydrogen-bond donors (Lipinski definition) is 2. The second-order valence-corrected chi connectivity index (χ2v) is 9.75. The van der Waals surface area contributed by atoms with E-state index in [1.54, 1.807) is 23.8 Å². The highest BCUT2D eigenvalue weighted by Gasteiger charge is 2.35. The van der Waals surface area contributed by atoms with Crippen LogP contribution in [0.2, 0.25) is 0 Å². The molecule has 1 aliphatic heterocycles. The largest absolute Gasteiger partial charge is 0.465 e. The molecule has 0 fully saturated rings. The number of hydrogen-bond acceptors (Lipinski definition) is 7. The van der Waals surface area contributed by atoms with Crippen molar-refractivity contribution in [1.29, 1.82) is 0 Å². The van der Waals surface area contributed by atoms with Gasteiger partial charge in [0, 0.05) is 43.7 Å². The molecule has 2 atom stereocenters. The Balaban J connectivity index is 1.53. The van der Waals surface area contributed by atoms with E-state index in [2.05, 4.69) is 41.2 Å². The number of carbonyl (C=O) groups is 2. The van der Waals surface area contributed by atoms with Crippen molar-refractivity contribution in [3.8, 4) is 0 Å². The summed E-state index contributed by atoms with van der Waals surface area (Å²) in [5, 5.41) is 3.32. The van der Waals surface area contributed by atoms with Crippen LogP contribution in [0.25, 0.3) is 11.0 Å². The van der Waals surface area contributed by atoms with Crippen molar-refractivity contribution in [2.75, 3.05) is 25.0 Å². The minimum Gasteiger partial charge on any atom is -0.465 e. The summed E-state index contributed by atoms with van der Waals surface area (Å²) in [6.45, 7) is 5.13. The van der Waals surface area contributed by atoms with E-state index < -0.39 is 0 Å². The summed E-state index contributed by atoms with van der Waals surface area (Å²) in [7, 11) is 1.93. The van der Waals surface area contributed by atoms with Crippen molar-refractivity contribution in [2.24, 2.45) is 23.9 Å². The fraction of sp³-hybridized carbons (Fsp3) is 0.480. The molecule has 10 nitrogen and oxygen atoms in total. The predicted octanol–water partition coefficient (Wildman–Crippen LogP) is 3.90. The number of rotatable bonds is 10. The fourth-order valence-electron chi connectivity index (χ4n) is 4.51. The normalized spacial score (nSPS) is 15.1. The molecule has 2 N–H and O–H groups in total. The summed E-state index contributed by atoms with van der Waals surface area (Å²) in [6, 6.07) is 3.85. The SMILES string of the molecule is CCCC(=O)OC[C@H](Cc1cncn1C)[C@H](CC)C(=O)N1CCN=C1Nc1ccc2[nH]cnc2c1Br. The second kappa shape index (κ2) is 11.7. The quantitative estimate of drug-likeness (QED) is 0.365. The van der Waals surface area contributed by atoms with Gasteiger partial charge in [-0.25, -0.2) is 9.97 Å². The highest BCUT2D eigenvalue weighted by atomic mass is 79.9. The minimum absolute atomic E-state index is 0.0306. The van der Waals surface area contributed by atoms with Crippen molar-refractivity contribution in [2.45, 2.75) is 39.5 Å². The van der Waals surface area contributed by atoms with Gasteiger partial charge < -0.3 is 19.6 Å². The summed E-state index contributed by atoms with van der Waals surface area (Å²) >= 11 is 3.62. The smallest absolute Gasteiger partial charge is 0.305 e. The molecule has 36 heavy (non-hydrogen) atoms. The van der Waals surface area contributed by atoms with E-state index in [0.29, 0.717) is 38.3 Å². The van der Waals surface area contributed by atoms with Crippen molar-refractivity contribution in [3.63, 3.8) is 0 Å². The highest BCUT2D eigenvalue weighted by molar-refractivity contribution is 9.10. The number of aliphatic imine (C=N–C) groups is 1. The van der Waals surface area contributed by atoms with Crippen LogP contribution in [0.15, 0.2) is 40.4 Å². The number of benzene rings is 1. The number of carbonyl (C=O) groups excluding carboxylic acids is 2. The standard InChI is InChI=1S/C25H32BrN7O3/c1-4-6-21(34)36-13-16(11-17-12-27-15-32(17)3)18(5-2)24(35)33-10-9-28-25(33)31-19-7-8-20-23(22(19)26)30-14-29-20/h7-8,12,14-16,18H,4-6,9-11,13H2,1-3H3,(H,28,31)(H,29,30)/t16-,18-/m0/s1. The van der Waals surface area contributed by atoms with Gasteiger partial charge >= 0.3 is 5.97 Å². The lowest BCUT2D eigenvalue weighted by atomic mass is 9.85. The summed E-state index contributed by atoms with van der Waals surface area (Å²) < 4.78 is 8.33. The number of aromatic nitrogens is 4. The molecule has 1 aliphatic rings. The lowest BCUT2D eigenvalue weighted by molar-refractivity contribution is -0.148. The van der Waals surface area contributed by atoms with Gasteiger partial charge in [-0.05, 0) is 47.3 Å². The molecule has 1 amide bonds. The van der Waals surface area contributed by atoms with Crippen molar-refractivity contribution in [3.05, 3.63) is 41.2 Å². The van der Waals surface area contributed by atoms with Crippen LogP contribution in [0.4, 0.5) is 5.69 Å². The lowest BCUT2D eigenvalue weighted by Crippen LogP contribution is -2.45. The number of nitrogens with zero attached hydrogens (tertiary/aromatic N) is 5. The van der Waals surface area contributed by atoms with Gasteiger partial charge in [-0.2, -0.15) is 0 Å². The molecular formula is C25H32BrN7O3.